The van der Waals surface area contributed by atoms with Gasteiger partial charge in [-0.05, 0) is 158 Å². The standard InChI is InChI=1S/C77H90O15/c1-47-60(88-65(79)49-26-16-10-17-27-49)63(89-66(80)50-28-18-11-19-29-50)64(90-67(81)51-30-20-12-21-31-51)70(85-47)92-62-59(78)61-55(46-83-68(91-61)52-32-22-13-23-33-52)86-69(62)87-58-37-38-74(6)56(73(58,4)5)36-39-76(8)57(74)35-34-53-54-44-72(2,3)40-42-77(54,43-41-75(53,76)7)71(82)84-45-48-24-14-9-15-25-48/h9-34,47,54-64,68-70,78H,35-46H2,1-8H3/t47-,54-,55+,56-,57+,58-,59-,60-,61-,62+,63+,64+,68+,69-,70-,74-,75+,76+,77-/m0/s1. The van der Waals surface area contributed by atoms with E-state index in [1.165, 1.54) is 5.57 Å². The average Bonchev–Trinajstić information content (AvgIpc) is 0.677. The van der Waals surface area contributed by atoms with Crippen LogP contribution in [0.3, 0.4) is 0 Å². The van der Waals surface area contributed by atoms with Gasteiger partial charge in [0.25, 0.3) is 0 Å². The Balaban J connectivity index is 0.812. The number of aliphatic hydroxyl groups is 1. The van der Waals surface area contributed by atoms with E-state index < -0.39 is 103 Å². The van der Waals surface area contributed by atoms with Crippen LogP contribution in [0.2, 0.25) is 0 Å². The first-order valence-corrected chi connectivity index (χ1v) is 33.4. The predicted molar refractivity (Wildman–Crippen MR) is 341 cm³/mol. The highest BCUT2D eigenvalue weighted by Gasteiger charge is 2.70. The molecule has 0 radical (unpaired) electrons. The molecule has 0 spiro atoms. The zero-order chi connectivity index (χ0) is 64.4. The summed E-state index contributed by atoms with van der Waals surface area (Å²) in [5.74, 6) is -1.69. The highest BCUT2D eigenvalue weighted by Crippen LogP contribution is 2.76. The lowest BCUT2D eigenvalue weighted by Crippen LogP contribution is -2.68. The van der Waals surface area contributed by atoms with Gasteiger partial charge in [0.1, 0.15) is 31.0 Å². The summed E-state index contributed by atoms with van der Waals surface area (Å²) in [6, 6.07) is 44.6. The van der Waals surface area contributed by atoms with Crippen LogP contribution in [0.15, 0.2) is 163 Å². The number of carbonyl (C=O) groups excluding carboxylic acids is 4. The third-order valence-electron chi connectivity index (χ3n) is 23.7. The van der Waals surface area contributed by atoms with Crippen LogP contribution in [0.1, 0.15) is 168 Å². The van der Waals surface area contributed by atoms with E-state index in [4.69, 9.17) is 47.4 Å². The van der Waals surface area contributed by atoms with Crippen molar-refractivity contribution in [2.45, 2.75) is 200 Å². The fourth-order valence-corrected chi connectivity index (χ4v) is 18.4. The molecule has 5 aromatic carbocycles. The molecule has 488 valence electrons. The van der Waals surface area contributed by atoms with Crippen LogP contribution in [0.5, 0.6) is 0 Å². The van der Waals surface area contributed by atoms with Gasteiger partial charge in [-0.2, -0.15) is 0 Å². The maximum absolute atomic E-state index is 14.8. The normalized spacial score (nSPS) is 37.6. The summed E-state index contributed by atoms with van der Waals surface area (Å²) in [4.78, 5) is 57.7. The van der Waals surface area contributed by atoms with E-state index in [0.717, 1.165) is 68.9 Å². The number of benzene rings is 5. The molecule has 7 fully saturated rings. The quantitative estimate of drug-likeness (QED) is 0.0480. The summed E-state index contributed by atoms with van der Waals surface area (Å²) in [5, 5.41) is 13.1. The molecule has 3 aliphatic heterocycles. The number of hydrogen-bond donors (Lipinski definition) is 1. The highest BCUT2D eigenvalue weighted by molar-refractivity contribution is 5.91. The first-order chi connectivity index (χ1) is 44.1. The Hall–Kier alpha value is -6.56. The predicted octanol–water partition coefficient (Wildman–Crippen LogP) is 13.9. The zero-order valence-electron chi connectivity index (χ0n) is 54.3. The van der Waals surface area contributed by atoms with Gasteiger partial charge in [-0.15, -0.1) is 0 Å². The van der Waals surface area contributed by atoms with Crippen LogP contribution in [0.4, 0.5) is 0 Å². The molecule has 19 atom stereocenters. The SMILES string of the molecule is C[C@@H]1O[C@@H](O[C@H]2[C@H](O[C@H]3CC[C@]4(C)[C@H]5CC=C6[C@@H]7CC(C)(C)CC[C@]7(C(=O)OCc7ccccc7)CC[C@@]6(C)[C@]5(C)CC[C@H]4C3(C)C)O[C@@H]3CO[C@@H](c4ccccc4)O[C@@H]3[C@@H]2O)[C@H](OC(=O)c2ccccc2)[C@H](OC(=O)c2ccccc2)[C@H]1OC(=O)c1ccccc1. The second-order valence-corrected chi connectivity index (χ2v) is 29.6. The van der Waals surface area contributed by atoms with Crippen molar-refractivity contribution in [1.82, 2.24) is 0 Å². The summed E-state index contributed by atoms with van der Waals surface area (Å²) < 4.78 is 66.7. The van der Waals surface area contributed by atoms with E-state index in [9.17, 15) is 24.3 Å². The van der Waals surface area contributed by atoms with E-state index in [2.05, 4.69) is 54.5 Å². The molecule has 0 amide bonds. The second kappa shape index (κ2) is 25.3. The van der Waals surface area contributed by atoms with Crippen LogP contribution >= 0.6 is 0 Å². The van der Waals surface area contributed by atoms with Crippen LogP contribution < -0.4 is 0 Å². The van der Waals surface area contributed by atoms with Crippen molar-refractivity contribution in [2.75, 3.05) is 6.61 Å². The van der Waals surface area contributed by atoms with Gasteiger partial charge in [0.15, 0.2) is 37.2 Å². The lowest BCUT2D eigenvalue weighted by Gasteiger charge is -2.71. The second-order valence-electron chi connectivity index (χ2n) is 29.6. The third kappa shape index (κ3) is 11.7. The summed E-state index contributed by atoms with van der Waals surface area (Å²) in [7, 11) is 0. The van der Waals surface area contributed by atoms with Crippen molar-refractivity contribution in [3.05, 3.63) is 191 Å². The maximum Gasteiger partial charge on any atom is 0.338 e. The number of ether oxygens (including phenoxy) is 10. The Bertz CT molecular complexity index is 3470. The van der Waals surface area contributed by atoms with E-state index in [1.54, 1.807) is 97.9 Å². The molecule has 0 bridgehead atoms. The van der Waals surface area contributed by atoms with Crippen LogP contribution in [0, 0.1) is 50.2 Å². The first-order valence-electron chi connectivity index (χ1n) is 33.4. The number of esters is 4. The lowest BCUT2D eigenvalue weighted by atomic mass is 9.33. The van der Waals surface area contributed by atoms with Gasteiger partial charge in [0, 0.05) is 5.56 Å². The molecule has 1 N–H and O–H groups in total. The zero-order valence-corrected chi connectivity index (χ0v) is 54.3. The monoisotopic (exact) mass is 1250 g/mol. The van der Waals surface area contributed by atoms with Gasteiger partial charge in [0.2, 0.25) is 0 Å². The number of allylic oxidation sites excluding steroid dienone is 2. The van der Waals surface area contributed by atoms with Gasteiger partial charge < -0.3 is 52.5 Å². The van der Waals surface area contributed by atoms with E-state index >= 15 is 0 Å². The Kier molecular flexibility index (Phi) is 17.6. The number of aliphatic hydroxyl groups excluding tert-OH is 1. The molecule has 13 rings (SSSR count). The molecule has 5 aliphatic carbocycles. The maximum atomic E-state index is 14.8. The Morgan fingerprint density at radius 3 is 1.74 bits per heavy atom. The molecule has 0 unspecified atom stereocenters. The molecule has 15 heteroatoms. The van der Waals surface area contributed by atoms with Crippen LogP contribution in [0.25, 0.3) is 0 Å². The molecule has 5 aromatic rings. The van der Waals surface area contributed by atoms with Gasteiger partial charge >= 0.3 is 23.9 Å². The van der Waals surface area contributed by atoms with E-state index in [-0.39, 0.29) is 69.4 Å². The molecule has 8 aliphatic rings. The fraction of sp³-hybridized carbons (Fsp3) is 0.532. The van der Waals surface area contributed by atoms with Crippen molar-refractivity contribution in [3.63, 3.8) is 0 Å². The summed E-state index contributed by atoms with van der Waals surface area (Å²) in [5.41, 5.74) is 2.63. The molecular formula is C77H90O15. The molecule has 3 saturated heterocycles. The van der Waals surface area contributed by atoms with Crippen LogP contribution in [-0.4, -0.2) is 103 Å². The average molecular weight is 1260 g/mol. The minimum absolute atomic E-state index is 0.0403. The van der Waals surface area contributed by atoms with Crippen molar-refractivity contribution in [2.24, 2.45) is 50.2 Å². The first kappa shape index (κ1) is 64.2. The van der Waals surface area contributed by atoms with E-state index in [0.29, 0.717) is 12.3 Å². The third-order valence-corrected chi connectivity index (χ3v) is 23.7. The van der Waals surface area contributed by atoms with Crippen molar-refractivity contribution in [3.8, 4) is 0 Å². The van der Waals surface area contributed by atoms with Crippen molar-refractivity contribution < 1.29 is 71.7 Å². The number of fused-ring (bicyclic) bond motifs is 8. The van der Waals surface area contributed by atoms with Gasteiger partial charge in [-0.25, -0.2) is 14.4 Å². The molecule has 3 heterocycles. The van der Waals surface area contributed by atoms with Gasteiger partial charge in [-0.1, -0.05) is 175 Å². The Morgan fingerprint density at radius 2 is 1.12 bits per heavy atom. The summed E-state index contributed by atoms with van der Waals surface area (Å²) in [6.45, 7) is 19.0. The number of carbonyl (C=O) groups is 4. The highest BCUT2D eigenvalue weighted by atomic mass is 16.8. The minimum Gasteiger partial charge on any atom is -0.460 e. The molecule has 0 aromatic heterocycles. The van der Waals surface area contributed by atoms with Crippen molar-refractivity contribution in [1.29, 1.82) is 0 Å². The number of rotatable bonds is 14. The smallest absolute Gasteiger partial charge is 0.338 e. The molecular weight excluding hydrogens is 1160 g/mol. The Labute approximate surface area is 541 Å². The molecule has 92 heavy (non-hydrogen) atoms. The topological polar surface area (TPSA) is 181 Å². The Morgan fingerprint density at radius 1 is 0.565 bits per heavy atom. The number of hydrogen-bond acceptors (Lipinski definition) is 15. The molecule has 15 nitrogen and oxygen atoms in total. The van der Waals surface area contributed by atoms with Crippen molar-refractivity contribution >= 4 is 23.9 Å². The molecule has 4 saturated carbocycles. The lowest BCUT2D eigenvalue weighted by molar-refractivity contribution is -0.400. The fourth-order valence-electron chi connectivity index (χ4n) is 18.4. The van der Waals surface area contributed by atoms with Crippen LogP contribution in [-0.2, 0) is 58.8 Å². The largest absolute Gasteiger partial charge is 0.460 e. The minimum atomic E-state index is -1.62. The summed E-state index contributed by atoms with van der Waals surface area (Å²) >= 11 is 0. The van der Waals surface area contributed by atoms with E-state index in [1.807, 2.05) is 60.7 Å². The van der Waals surface area contributed by atoms with Gasteiger partial charge in [0.05, 0.1) is 40.9 Å². The summed E-state index contributed by atoms with van der Waals surface area (Å²) in [6.07, 6.45) is -2.79. The van der Waals surface area contributed by atoms with Gasteiger partial charge in [-0.3, -0.25) is 4.79 Å².